The third kappa shape index (κ3) is 3.01. The van der Waals surface area contributed by atoms with Gasteiger partial charge in [0.25, 0.3) is 0 Å². The third-order valence-corrected chi connectivity index (χ3v) is 5.15. The van der Waals surface area contributed by atoms with Crippen LogP contribution in [0.15, 0.2) is 46.9 Å². The molecule has 0 saturated carbocycles. The topological polar surface area (TPSA) is 74.1 Å². The minimum absolute atomic E-state index is 0.0695. The number of hydrogen-bond acceptors (Lipinski definition) is 6. The molecule has 26 heavy (non-hydrogen) atoms. The van der Waals surface area contributed by atoms with Crippen molar-refractivity contribution < 1.29 is 9.47 Å². The largest absolute Gasteiger partial charge is 0.497 e. The normalized spacial score (nSPS) is 18.7. The van der Waals surface area contributed by atoms with Crippen LogP contribution in [0.25, 0.3) is 0 Å². The summed E-state index contributed by atoms with van der Waals surface area (Å²) < 4.78 is 13.8. The van der Waals surface area contributed by atoms with Crippen LogP contribution >= 0.6 is 15.9 Å². The van der Waals surface area contributed by atoms with Gasteiger partial charge in [0.1, 0.15) is 11.5 Å². The zero-order chi connectivity index (χ0) is 18.1. The Bertz CT molecular complexity index is 912. The Morgan fingerprint density at radius 2 is 1.92 bits per heavy atom. The Labute approximate surface area is 159 Å². The number of anilines is 1. The molecule has 2 aromatic carbocycles. The average Bonchev–Trinajstić information content (AvgIpc) is 3.16. The quantitative estimate of drug-likeness (QED) is 0.701. The van der Waals surface area contributed by atoms with Crippen LogP contribution < -0.4 is 14.8 Å². The van der Waals surface area contributed by atoms with Gasteiger partial charge in [-0.15, -0.1) is 0 Å². The van der Waals surface area contributed by atoms with E-state index in [0.717, 1.165) is 28.0 Å². The second kappa shape index (κ2) is 6.95. The lowest BCUT2D eigenvalue weighted by molar-refractivity contribution is 0.371. The maximum absolute atomic E-state index is 5.58. The van der Waals surface area contributed by atoms with Crippen molar-refractivity contribution in [2.45, 2.75) is 18.5 Å². The lowest BCUT2D eigenvalue weighted by Gasteiger charge is -2.31. The molecule has 1 aliphatic heterocycles. The first-order valence-corrected chi connectivity index (χ1v) is 9.00. The smallest absolute Gasteiger partial charge is 0.243 e. The molecular formula is C18H18BrN5O2. The van der Waals surface area contributed by atoms with Crippen LogP contribution in [0.3, 0.4) is 0 Å². The van der Waals surface area contributed by atoms with Gasteiger partial charge < -0.3 is 14.8 Å². The number of nitrogens with zero attached hydrogens (tertiary/aromatic N) is 4. The van der Waals surface area contributed by atoms with Gasteiger partial charge in [0.2, 0.25) is 5.95 Å². The molecule has 0 fully saturated rings. The van der Waals surface area contributed by atoms with Crippen LogP contribution in [0.5, 0.6) is 11.5 Å². The maximum Gasteiger partial charge on any atom is 0.243 e. The lowest BCUT2D eigenvalue weighted by Crippen LogP contribution is -2.28. The molecule has 0 spiro atoms. The Morgan fingerprint density at radius 1 is 1.12 bits per heavy atom. The van der Waals surface area contributed by atoms with E-state index in [2.05, 4.69) is 48.9 Å². The highest BCUT2D eigenvalue weighted by Gasteiger charge is 2.32. The van der Waals surface area contributed by atoms with E-state index < -0.39 is 0 Å². The predicted octanol–water partition coefficient (Wildman–Crippen LogP) is 3.60. The highest BCUT2D eigenvalue weighted by Crippen LogP contribution is 2.41. The number of tetrazole rings is 1. The number of methoxy groups -OCH3 is 2. The summed E-state index contributed by atoms with van der Waals surface area (Å²) in [7, 11) is 3.32. The summed E-state index contributed by atoms with van der Waals surface area (Å²) >= 11 is 3.49. The number of hydrogen-bond donors (Lipinski definition) is 1. The second-order valence-electron chi connectivity index (χ2n) is 6.05. The summed E-state index contributed by atoms with van der Waals surface area (Å²) in [6.07, 6.45) is 0.781. The molecule has 0 aliphatic carbocycles. The Morgan fingerprint density at radius 3 is 2.65 bits per heavy atom. The lowest BCUT2D eigenvalue weighted by atomic mass is 9.92. The van der Waals surface area contributed by atoms with Crippen LogP contribution in [0.4, 0.5) is 5.95 Å². The number of nitrogens with one attached hydrogen (secondary N) is 1. The first-order chi connectivity index (χ1) is 12.7. The van der Waals surface area contributed by atoms with E-state index >= 15 is 0 Å². The summed E-state index contributed by atoms with van der Waals surface area (Å²) in [6, 6.07) is 14.1. The molecule has 134 valence electrons. The highest BCUT2D eigenvalue weighted by atomic mass is 79.9. The zero-order valence-corrected chi connectivity index (χ0v) is 16.0. The summed E-state index contributed by atoms with van der Waals surface area (Å²) in [4.78, 5) is 0. The molecule has 3 aromatic rings. The molecular weight excluding hydrogens is 398 g/mol. The van der Waals surface area contributed by atoms with E-state index in [1.807, 2.05) is 30.3 Å². The van der Waals surface area contributed by atoms with Gasteiger partial charge in [0.05, 0.1) is 26.3 Å². The van der Waals surface area contributed by atoms with Crippen molar-refractivity contribution in [2.75, 3.05) is 19.5 Å². The van der Waals surface area contributed by atoms with Gasteiger partial charge in [-0.2, -0.15) is 0 Å². The highest BCUT2D eigenvalue weighted by molar-refractivity contribution is 9.10. The minimum atomic E-state index is -0.0695. The van der Waals surface area contributed by atoms with Crippen molar-refractivity contribution in [2.24, 2.45) is 0 Å². The fraction of sp³-hybridized carbons (Fsp3) is 0.278. The second-order valence-corrected chi connectivity index (χ2v) is 6.97. The zero-order valence-electron chi connectivity index (χ0n) is 14.4. The minimum Gasteiger partial charge on any atom is -0.497 e. The van der Waals surface area contributed by atoms with Gasteiger partial charge in [0, 0.05) is 10.0 Å². The van der Waals surface area contributed by atoms with E-state index in [4.69, 9.17) is 9.47 Å². The number of fused-ring (bicyclic) bond motifs is 1. The van der Waals surface area contributed by atoms with E-state index in [0.29, 0.717) is 5.95 Å². The number of ether oxygens (including phenoxy) is 2. The first kappa shape index (κ1) is 16.8. The average molecular weight is 416 g/mol. The van der Waals surface area contributed by atoms with Crippen molar-refractivity contribution >= 4 is 21.9 Å². The summed E-state index contributed by atoms with van der Waals surface area (Å²) in [5.74, 6) is 2.20. The molecule has 0 radical (unpaired) electrons. The molecule has 2 heterocycles. The van der Waals surface area contributed by atoms with Crippen LogP contribution in [-0.4, -0.2) is 34.4 Å². The molecule has 0 unspecified atom stereocenters. The molecule has 1 aliphatic rings. The van der Waals surface area contributed by atoms with Crippen molar-refractivity contribution in [1.29, 1.82) is 0 Å². The van der Waals surface area contributed by atoms with Gasteiger partial charge >= 0.3 is 0 Å². The van der Waals surface area contributed by atoms with E-state index in [9.17, 15) is 0 Å². The van der Waals surface area contributed by atoms with Crippen molar-refractivity contribution in [3.63, 3.8) is 0 Å². The number of rotatable bonds is 4. The summed E-state index contributed by atoms with van der Waals surface area (Å²) in [6.45, 7) is 0. The van der Waals surface area contributed by atoms with Gasteiger partial charge in [0.15, 0.2) is 0 Å². The first-order valence-electron chi connectivity index (χ1n) is 8.21. The van der Waals surface area contributed by atoms with Gasteiger partial charge in [-0.1, -0.05) is 33.2 Å². The van der Waals surface area contributed by atoms with Gasteiger partial charge in [-0.3, -0.25) is 0 Å². The number of aromatic nitrogens is 4. The predicted molar refractivity (Wildman–Crippen MR) is 101 cm³/mol. The fourth-order valence-corrected chi connectivity index (χ4v) is 3.57. The maximum atomic E-state index is 5.58. The SMILES string of the molecule is COc1ccc(OC)c([C@H]2C[C@@H](c3ccc(Br)cc3)Nc3nnnn32)c1. The Kier molecular flexibility index (Phi) is 4.50. The van der Waals surface area contributed by atoms with Crippen LogP contribution in [0, 0.1) is 0 Å². The van der Waals surface area contributed by atoms with Crippen molar-refractivity contribution in [1.82, 2.24) is 20.2 Å². The number of benzene rings is 2. The van der Waals surface area contributed by atoms with E-state index in [-0.39, 0.29) is 12.1 Å². The van der Waals surface area contributed by atoms with Crippen LogP contribution in [0.2, 0.25) is 0 Å². The van der Waals surface area contributed by atoms with Crippen molar-refractivity contribution in [3.05, 3.63) is 58.1 Å². The third-order valence-electron chi connectivity index (χ3n) is 4.62. The number of halogens is 1. The standard InChI is InChI=1S/C18H18BrN5O2/c1-25-13-7-8-17(26-2)14(9-13)16-10-15(11-3-5-12(19)6-4-11)20-18-21-22-23-24(16)18/h3-9,15-16H,10H2,1-2H3,(H,20,21,23)/t15-,16+/m0/s1. The van der Waals surface area contributed by atoms with E-state index in [1.165, 1.54) is 5.56 Å². The molecule has 1 aromatic heterocycles. The van der Waals surface area contributed by atoms with Crippen LogP contribution in [-0.2, 0) is 0 Å². The molecule has 0 bridgehead atoms. The molecule has 0 saturated heterocycles. The van der Waals surface area contributed by atoms with Crippen LogP contribution in [0.1, 0.15) is 29.6 Å². The van der Waals surface area contributed by atoms with E-state index in [1.54, 1.807) is 18.9 Å². The Balaban J connectivity index is 1.77. The van der Waals surface area contributed by atoms with Gasteiger partial charge in [-0.25, -0.2) is 4.68 Å². The molecule has 4 rings (SSSR count). The molecule has 1 N–H and O–H groups in total. The fourth-order valence-electron chi connectivity index (χ4n) is 3.31. The molecule has 2 atom stereocenters. The molecule has 8 heteroatoms. The summed E-state index contributed by atoms with van der Waals surface area (Å²) in [5, 5.41) is 15.6. The summed E-state index contributed by atoms with van der Waals surface area (Å²) in [5.41, 5.74) is 2.17. The molecule has 7 nitrogen and oxygen atoms in total. The van der Waals surface area contributed by atoms with Crippen molar-refractivity contribution in [3.8, 4) is 11.5 Å². The Hall–Kier alpha value is -2.61. The monoisotopic (exact) mass is 415 g/mol. The van der Waals surface area contributed by atoms with Gasteiger partial charge in [-0.05, 0) is 52.7 Å². The molecule has 0 amide bonds.